The van der Waals surface area contributed by atoms with Gasteiger partial charge in [0.1, 0.15) is 5.82 Å². The number of aromatic nitrogens is 2. The summed E-state index contributed by atoms with van der Waals surface area (Å²) in [5.41, 5.74) is 2.90. The van der Waals surface area contributed by atoms with Crippen molar-refractivity contribution in [2.75, 3.05) is 0 Å². The number of carbonyl (C=O) groups excluding carboxylic acids is 1. The molecule has 0 aliphatic heterocycles. The maximum Gasteiger partial charge on any atom is 0.231 e. The minimum absolute atomic E-state index is 0.00851. The van der Waals surface area contributed by atoms with Crippen molar-refractivity contribution in [3.8, 4) is 0 Å². The molecule has 1 aromatic heterocycles. The maximum atomic E-state index is 12.9. The molecule has 1 saturated carbocycles. The molecule has 1 fully saturated rings. The second-order valence-corrected chi connectivity index (χ2v) is 7.03. The highest BCUT2D eigenvalue weighted by Gasteiger charge is 2.66. The average Bonchev–Trinajstić information content (AvgIpc) is 2.84. The van der Waals surface area contributed by atoms with Crippen LogP contribution in [0.2, 0.25) is 0 Å². The van der Waals surface area contributed by atoms with Gasteiger partial charge in [0.2, 0.25) is 5.91 Å². The fourth-order valence-corrected chi connectivity index (χ4v) is 3.34. The molecule has 4 nitrogen and oxygen atoms in total. The first-order chi connectivity index (χ1) is 10.3. The van der Waals surface area contributed by atoms with Crippen molar-refractivity contribution in [3.63, 3.8) is 0 Å². The van der Waals surface area contributed by atoms with Crippen molar-refractivity contribution in [1.82, 2.24) is 15.3 Å². The largest absolute Gasteiger partial charge is 0.348 e. The van der Waals surface area contributed by atoms with Gasteiger partial charge in [-0.25, -0.2) is 4.98 Å². The summed E-state index contributed by atoms with van der Waals surface area (Å²) in [7, 11) is 0. The Morgan fingerprint density at radius 1 is 1.27 bits per heavy atom. The van der Waals surface area contributed by atoms with E-state index in [1.807, 2.05) is 6.92 Å². The first-order valence-electron chi connectivity index (χ1n) is 7.71. The lowest BCUT2D eigenvalue weighted by molar-refractivity contribution is -0.124. The van der Waals surface area contributed by atoms with Gasteiger partial charge in [0.05, 0.1) is 12.0 Å². The molecule has 1 aromatic carbocycles. The maximum absolute atomic E-state index is 12.9. The van der Waals surface area contributed by atoms with Crippen LogP contribution >= 0.6 is 0 Å². The Hall–Kier alpha value is -2.10. The Kier molecular flexibility index (Phi) is 3.35. The highest BCUT2D eigenvalue weighted by atomic mass is 16.2. The SMILES string of the molecule is Cc1ccc([C@]2(C(=O)NCc3ncc(C)[nH]3)CC2(C)C)cc1. The predicted octanol–water partition coefficient (Wildman–Crippen LogP) is 3.01. The third-order valence-electron chi connectivity index (χ3n) is 4.84. The summed E-state index contributed by atoms with van der Waals surface area (Å²) in [4.78, 5) is 20.2. The smallest absolute Gasteiger partial charge is 0.231 e. The first-order valence-corrected chi connectivity index (χ1v) is 7.71. The molecule has 0 radical (unpaired) electrons. The van der Waals surface area contributed by atoms with Gasteiger partial charge in [-0.15, -0.1) is 0 Å². The third kappa shape index (κ3) is 2.32. The topological polar surface area (TPSA) is 57.8 Å². The quantitative estimate of drug-likeness (QED) is 0.911. The van der Waals surface area contributed by atoms with Gasteiger partial charge >= 0.3 is 0 Å². The van der Waals surface area contributed by atoms with Crippen LogP contribution < -0.4 is 5.32 Å². The molecular weight excluding hydrogens is 274 g/mol. The zero-order chi connectivity index (χ0) is 16.0. The Morgan fingerprint density at radius 3 is 2.41 bits per heavy atom. The molecule has 22 heavy (non-hydrogen) atoms. The van der Waals surface area contributed by atoms with E-state index in [1.165, 1.54) is 5.56 Å². The minimum atomic E-state index is -0.414. The molecule has 0 saturated heterocycles. The van der Waals surface area contributed by atoms with E-state index in [9.17, 15) is 4.79 Å². The lowest BCUT2D eigenvalue weighted by Gasteiger charge is -2.20. The van der Waals surface area contributed by atoms with Gasteiger partial charge in [0, 0.05) is 11.9 Å². The number of hydrogen-bond donors (Lipinski definition) is 2. The Bertz CT molecular complexity index is 699. The van der Waals surface area contributed by atoms with Crippen LogP contribution in [0.25, 0.3) is 0 Å². The number of rotatable bonds is 4. The van der Waals surface area contributed by atoms with Crippen LogP contribution in [-0.4, -0.2) is 15.9 Å². The normalized spacial score (nSPS) is 22.4. The number of H-pyrrole nitrogens is 1. The number of hydrogen-bond acceptors (Lipinski definition) is 2. The molecule has 4 heteroatoms. The standard InChI is InChI=1S/C18H23N3O/c1-12-5-7-14(8-6-12)18(11-17(18,3)4)16(22)20-10-15-19-9-13(2)21-15/h5-9H,10-11H2,1-4H3,(H,19,21)(H,20,22)/t18-/m0/s1. The van der Waals surface area contributed by atoms with E-state index >= 15 is 0 Å². The summed E-state index contributed by atoms with van der Waals surface area (Å²) in [5, 5.41) is 3.05. The number of aryl methyl sites for hydroxylation is 2. The van der Waals surface area contributed by atoms with Crippen LogP contribution in [-0.2, 0) is 16.8 Å². The third-order valence-corrected chi connectivity index (χ3v) is 4.84. The van der Waals surface area contributed by atoms with Crippen LogP contribution in [0.15, 0.2) is 30.5 Å². The van der Waals surface area contributed by atoms with Crippen molar-refractivity contribution in [3.05, 3.63) is 53.1 Å². The van der Waals surface area contributed by atoms with Gasteiger partial charge in [-0.1, -0.05) is 43.7 Å². The van der Waals surface area contributed by atoms with Crippen molar-refractivity contribution < 1.29 is 4.79 Å². The number of carbonyl (C=O) groups is 1. The molecule has 0 spiro atoms. The molecule has 1 aliphatic carbocycles. The Morgan fingerprint density at radius 2 is 1.91 bits per heavy atom. The van der Waals surface area contributed by atoms with Gasteiger partial charge in [-0.05, 0) is 31.2 Å². The van der Waals surface area contributed by atoms with Crippen LogP contribution in [0.1, 0.15) is 42.9 Å². The van der Waals surface area contributed by atoms with Crippen molar-refractivity contribution in [2.24, 2.45) is 5.41 Å². The van der Waals surface area contributed by atoms with E-state index in [2.05, 4.69) is 60.3 Å². The molecule has 1 heterocycles. The first kappa shape index (κ1) is 14.8. The summed E-state index contributed by atoms with van der Waals surface area (Å²) in [5.74, 6) is 0.888. The van der Waals surface area contributed by atoms with Gasteiger partial charge in [-0.3, -0.25) is 4.79 Å². The van der Waals surface area contributed by atoms with E-state index in [4.69, 9.17) is 0 Å². The zero-order valence-electron chi connectivity index (χ0n) is 13.7. The summed E-state index contributed by atoms with van der Waals surface area (Å²) < 4.78 is 0. The fraction of sp³-hybridized carbons (Fsp3) is 0.444. The van der Waals surface area contributed by atoms with Crippen molar-refractivity contribution >= 4 is 5.91 Å². The summed E-state index contributed by atoms with van der Waals surface area (Å²) in [6.07, 6.45) is 2.66. The van der Waals surface area contributed by atoms with Crippen LogP contribution in [0.3, 0.4) is 0 Å². The Labute approximate surface area is 131 Å². The summed E-state index contributed by atoms with van der Waals surface area (Å²) in [6.45, 7) is 8.77. The zero-order valence-corrected chi connectivity index (χ0v) is 13.7. The van der Waals surface area contributed by atoms with E-state index in [0.29, 0.717) is 6.54 Å². The monoisotopic (exact) mass is 297 g/mol. The molecule has 3 rings (SSSR count). The van der Waals surface area contributed by atoms with Gasteiger partial charge in [-0.2, -0.15) is 0 Å². The number of amides is 1. The molecule has 1 atom stereocenters. The molecular formula is C18H23N3O. The molecule has 2 N–H and O–H groups in total. The lowest BCUT2D eigenvalue weighted by Crippen LogP contribution is -2.37. The van der Waals surface area contributed by atoms with E-state index < -0.39 is 5.41 Å². The van der Waals surface area contributed by atoms with E-state index in [-0.39, 0.29) is 11.3 Å². The minimum Gasteiger partial charge on any atom is -0.348 e. The van der Waals surface area contributed by atoms with Crippen LogP contribution in [0.5, 0.6) is 0 Å². The number of aromatic amines is 1. The predicted molar refractivity (Wildman–Crippen MR) is 86.4 cm³/mol. The number of benzene rings is 1. The van der Waals surface area contributed by atoms with Crippen molar-refractivity contribution in [2.45, 2.75) is 46.1 Å². The highest BCUT2D eigenvalue weighted by Crippen LogP contribution is 2.64. The summed E-state index contributed by atoms with van der Waals surface area (Å²) in [6, 6.07) is 8.32. The fourth-order valence-electron chi connectivity index (χ4n) is 3.34. The summed E-state index contributed by atoms with van der Waals surface area (Å²) >= 11 is 0. The van der Waals surface area contributed by atoms with Gasteiger partial charge in [0.25, 0.3) is 0 Å². The molecule has 2 aromatic rings. The van der Waals surface area contributed by atoms with Crippen LogP contribution in [0.4, 0.5) is 0 Å². The Balaban J connectivity index is 1.79. The molecule has 0 unspecified atom stereocenters. The van der Waals surface area contributed by atoms with Crippen LogP contribution in [0, 0.1) is 19.3 Å². The molecule has 1 aliphatic rings. The molecule has 1 amide bonds. The lowest BCUT2D eigenvalue weighted by atomic mass is 9.86. The number of imidazole rings is 1. The molecule has 116 valence electrons. The average molecular weight is 297 g/mol. The highest BCUT2D eigenvalue weighted by molar-refractivity contribution is 5.93. The second-order valence-electron chi connectivity index (χ2n) is 7.03. The van der Waals surface area contributed by atoms with E-state index in [0.717, 1.165) is 23.5 Å². The van der Waals surface area contributed by atoms with Crippen molar-refractivity contribution in [1.29, 1.82) is 0 Å². The second kappa shape index (κ2) is 4.97. The van der Waals surface area contributed by atoms with Gasteiger partial charge in [0.15, 0.2) is 0 Å². The molecule has 0 bridgehead atoms. The number of nitrogens with zero attached hydrogens (tertiary/aromatic N) is 1. The number of nitrogens with one attached hydrogen (secondary N) is 2. The van der Waals surface area contributed by atoms with E-state index in [1.54, 1.807) is 6.20 Å². The van der Waals surface area contributed by atoms with Gasteiger partial charge < -0.3 is 10.3 Å².